The summed E-state index contributed by atoms with van der Waals surface area (Å²) in [7, 11) is 0. The molecule has 0 spiro atoms. The van der Waals surface area contributed by atoms with Crippen LogP contribution in [0.2, 0.25) is 0 Å². The van der Waals surface area contributed by atoms with Gasteiger partial charge in [0.1, 0.15) is 0 Å². The average Bonchev–Trinajstić information content (AvgIpc) is 2.26. The molecule has 0 aliphatic heterocycles. The summed E-state index contributed by atoms with van der Waals surface area (Å²) >= 11 is 0. The van der Waals surface area contributed by atoms with Crippen LogP contribution in [0.15, 0.2) is 24.4 Å². The molecule has 2 heteroatoms. The van der Waals surface area contributed by atoms with E-state index in [-0.39, 0.29) is 0 Å². The van der Waals surface area contributed by atoms with Gasteiger partial charge in [-0.15, -0.1) is 0 Å². The molecule has 1 aromatic heterocycles. The van der Waals surface area contributed by atoms with E-state index in [0.717, 1.165) is 18.9 Å². The molecule has 1 heterocycles. The van der Waals surface area contributed by atoms with Gasteiger partial charge in [-0.1, -0.05) is 26.8 Å². The highest BCUT2D eigenvalue weighted by Crippen LogP contribution is 2.09. The van der Waals surface area contributed by atoms with E-state index in [0.29, 0.717) is 6.04 Å². The van der Waals surface area contributed by atoms with Gasteiger partial charge >= 0.3 is 0 Å². The number of hydrogen-bond donors (Lipinski definition) is 1. The summed E-state index contributed by atoms with van der Waals surface area (Å²) in [5.74, 6) is 0.734. The number of rotatable bonds is 7. The minimum Gasteiger partial charge on any atom is -0.314 e. The number of aromatic nitrogens is 1. The molecule has 0 saturated heterocycles. The molecule has 2 nitrogen and oxygen atoms in total. The van der Waals surface area contributed by atoms with E-state index in [1.807, 2.05) is 12.3 Å². The third-order valence-electron chi connectivity index (χ3n) is 2.62. The highest BCUT2D eigenvalue weighted by Gasteiger charge is 2.11. The van der Waals surface area contributed by atoms with Crippen molar-refractivity contribution in [3.05, 3.63) is 30.1 Å². The van der Waals surface area contributed by atoms with Crippen molar-refractivity contribution in [1.29, 1.82) is 0 Å². The van der Waals surface area contributed by atoms with Crippen LogP contribution in [0.3, 0.4) is 0 Å². The summed E-state index contributed by atoms with van der Waals surface area (Å²) in [4.78, 5) is 4.39. The zero-order valence-corrected chi connectivity index (χ0v) is 10.7. The zero-order chi connectivity index (χ0) is 11.8. The highest BCUT2D eigenvalue weighted by atomic mass is 14.9. The van der Waals surface area contributed by atoms with Gasteiger partial charge in [0.15, 0.2) is 0 Å². The summed E-state index contributed by atoms with van der Waals surface area (Å²) in [5.41, 5.74) is 1.19. The second kappa shape index (κ2) is 7.39. The first-order valence-electron chi connectivity index (χ1n) is 6.35. The molecular formula is C14H24N2. The third kappa shape index (κ3) is 5.26. The van der Waals surface area contributed by atoms with Crippen LogP contribution in [-0.2, 0) is 6.42 Å². The van der Waals surface area contributed by atoms with Gasteiger partial charge in [0.2, 0.25) is 0 Å². The Labute approximate surface area is 99.5 Å². The van der Waals surface area contributed by atoms with Crippen LogP contribution in [-0.4, -0.2) is 17.6 Å². The van der Waals surface area contributed by atoms with Gasteiger partial charge in [0, 0.05) is 24.4 Å². The maximum absolute atomic E-state index is 4.39. The van der Waals surface area contributed by atoms with Gasteiger partial charge in [-0.3, -0.25) is 4.98 Å². The first-order chi connectivity index (χ1) is 7.72. The largest absolute Gasteiger partial charge is 0.314 e. The van der Waals surface area contributed by atoms with Gasteiger partial charge in [-0.25, -0.2) is 0 Å². The lowest BCUT2D eigenvalue weighted by atomic mass is 9.99. The fourth-order valence-corrected chi connectivity index (χ4v) is 1.93. The van der Waals surface area contributed by atoms with Crippen LogP contribution in [0.1, 0.15) is 39.3 Å². The Morgan fingerprint density at radius 3 is 2.69 bits per heavy atom. The van der Waals surface area contributed by atoms with Crippen LogP contribution in [0.4, 0.5) is 0 Å². The van der Waals surface area contributed by atoms with Crippen molar-refractivity contribution in [2.75, 3.05) is 6.54 Å². The molecule has 16 heavy (non-hydrogen) atoms. The van der Waals surface area contributed by atoms with Crippen molar-refractivity contribution in [2.45, 2.75) is 46.1 Å². The molecule has 0 bridgehead atoms. The SMILES string of the molecule is CCCNC(Cc1ccccn1)CC(C)C. The number of pyridine rings is 1. The van der Waals surface area contributed by atoms with Crippen molar-refractivity contribution < 1.29 is 0 Å². The molecule has 0 fully saturated rings. The maximum Gasteiger partial charge on any atom is 0.0419 e. The number of hydrogen-bond acceptors (Lipinski definition) is 2. The predicted molar refractivity (Wildman–Crippen MR) is 69.5 cm³/mol. The second-order valence-corrected chi connectivity index (χ2v) is 4.81. The average molecular weight is 220 g/mol. The molecule has 1 rings (SSSR count). The Morgan fingerprint density at radius 1 is 1.31 bits per heavy atom. The minimum absolute atomic E-state index is 0.565. The standard InChI is InChI=1S/C14H24N2/c1-4-8-15-14(10-12(2)3)11-13-7-5-6-9-16-13/h5-7,9,12,14-15H,4,8,10-11H2,1-3H3. The maximum atomic E-state index is 4.39. The van der Waals surface area contributed by atoms with E-state index < -0.39 is 0 Å². The van der Waals surface area contributed by atoms with Crippen LogP contribution in [0.25, 0.3) is 0 Å². The molecule has 90 valence electrons. The van der Waals surface area contributed by atoms with E-state index in [2.05, 4.69) is 43.2 Å². The Hall–Kier alpha value is -0.890. The van der Waals surface area contributed by atoms with Crippen molar-refractivity contribution in [3.63, 3.8) is 0 Å². The van der Waals surface area contributed by atoms with Crippen LogP contribution >= 0.6 is 0 Å². The van der Waals surface area contributed by atoms with E-state index in [1.165, 1.54) is 18.5 Å². The van der Waals surface area contributed by atoms with E-state index in [4.69, 9.17) is 0 Å². The van der Waals surface area contributed by atoms with Gasteiger partial charge < -0.3 is 5.32 Å². The van der Waals surface area contributed by atoms with Crippen LogP contribution in [0.5, 0.6) is 0 Å². The quantitative estimate of drug-likeness (QED) is 0.764. The molecule has 0 radical (unpaired) electrons. The molecule has 1 N–H and O–H groups in total. The monoisotopic (exact) mass is 220 g/mol. The molecule has 1 unspecified atom stereocenters. The van der Waals surface area contributed by atoms with Crippen molar-refractivity contribution in [2.24, 2.45) is 5.92 Å². The smallest absolute Gasteiger partial charge is 0.0419 e. The Morgan fingerprint density at radius 2 is 2.12 bits per heavy atom. The fourth-order valence-electron chi connectivity index (χ4n) is 1.93. The summed E-state index contributed by atoms with van der Waals surface area (Å²) in [6.07, 6.45) is 5.33. The van der Waals surface area contributed by atoms with Gasteiger partial charge in [-0.05, 0) is 37.4 Å². The number of nitrogens with zero attached hydrogens (tertiary/aromatic N) is 1. The first-order valence-corrected chi connectivity index (χ1v) is 6.35. The molecule has 0 aromatic carbocycles. The minimum atomic E-state index is 0.565. The normalized spacial score (nSPS) is 13.0. The highest BCUT2D eigenvalue weighted by molar-refractivity contribution is 5.05. The fraction of sp³-hybridized carbons (Fsp3) is 0.643. The summed E-state index contributed by atoms with van der Waals surface area (Å²) in [6.45, 7) is 7.86. The molecule has 0 aliphatic carbocycles. The van der Waals surface area contributed by atoms with Crippen LogP contribution in [0, 0.1) is 5.92 Å². The summed E-state index contributed by atoms with van der Waals surface area (Å²) in [6, 6.07) is 6.71. The first kappa shape index (κ1) is 13.2. The lowest BCUT2D eigenvalue weighted by molar-refractivity contribution is 0.414. The van der Waals surface area contributed by atoms with Crippen molar-refractivity contribution in [3.8, 4) is 0 Å². The van der Waals surface area contributed by atoms with Crippen molar-refractivity contribution >= 4 is 0 Å². The lowest BCUT2D eigenvalue weighted by Gasteiger charge is -2.20. The molecule has 1 atom stereocenters. The predicted octanol–water partition coefficient (Wildman–Crippen LogP) is 3.04. The van der Waals surface area contributed by atoms with E-state index in [1.54, 1.807) is 0 Å². The molecular weight excluding hydrogens is 196 g/mol. The topological polar surface area (TPSA) is 24.9 Å². The van der Waals surface area contributed by atoms with Crippen LogP contribution < -0.4 is 5.32 Å². The summed E-state index contributed by atoms with van der Waals surface area (Å²) in [5, 5.41) is 3.61. The second-order valence-electron chi connectivity index (χ2n) is 4.81. The van der Waals surface area contributed by atoms with Gasteiger partial charge in [0.05, 0.1) is 0 Å². The van der Waals surface area contributed by atoms with Gasteiger partial charge in [-0.2, -0.15) is 0 Å². The summed E-state index contributed by atoms with van der Waals surface area (Å²) < 4.78 is 0. The number of nitrogens with one attached hydrogen (secondary N) is 1. The van der Waals surface area contributed by atoms with E-state index >= 15 is 0 Å². The molecule has 0 amide bonds. The Bertz CT molecular complexity index is 269. The molecule has 1 aromatic rings. The Balaban J connectivity index is 2.49. The van der Waals surface area contributed by atoms with Gasteiger partial charge in [0.25, 0.3) is 0 Å². The zero-order valence-electron chi connectivity index (χ0n) is 10.7. The lowest BCUT2D eigenvalue weighted by Crippen LogP contribution is -2.33. The molecule has 0 saturated carbocycles. The molecule has 0 aliphatic rings. The van der Waals surface area contributed by atoms with E-state index in [9.17, 15) is 0 Å². The Kier molecular flexibility index (Phi) is 6.09. The third-order valence-corrected chi connectivity index (χ3v) is 2.62. The van der Waals surface area contributed by atoms with Crippen molar-refractivity contribution in [1.82, 2.24) is 10.3 Å².